The summed E-state index contributed by atoms with van der Waals surface area (Å²) < 4.78 is 5.54. The zero-order valence-electron chi connectivity index (χ0n) is 18.6. The SMILES string of the molecule is CCNC(=O)COc1cccc(CNC(=NC)NCCN(C(C)C)C(C)C)c1.I. The van der Waals surface area contributed by atoms with Gasteiger partial charge >= 0.3 is 0 Å². The van der Waals surface area contributed by atoms with E-state index in [1.165, 1.54) is 0 Å². The quantitative estimate of drug-likeness (QED) is 0.238. The van der Waals surface area contributed by atoms with Crippen molar-refractivity contribution in [2.45, 2.75) is 53.2 Å². The van der Waals surface area contributed by atoms with Crippen molar-refractivity contribution < 1.29 is 9.53 Å². The number of nitrogens with zero attached hydrogens (tertiary/aromatic N) is 2. The van der Waals surface area contributed by atoms with Crippen molar-refractivity contribution in [3.8, 4) is 5.75 Å². The molecule has 7 nitrogen and oxygen atoms in total. The summed E-state index contributed by atoms with van der Waals surface area (Å²) in [6, 6.07) is 8.74. The van der Waals surface area contributed by atoms with Gasteiger partial charge < -0.3 is 20.7 Å². The van der Waals surface area contributed by atoms with Gasteiger partial charge in [0.2, 0.25) is 0 Å². The van der Waals surface area contributed by atoms with Crippen LogP contribution in [-0.2, 0) is 11.3 Å². The van der Waals surface area contributed by atoms with Gasteiger partial charge in [0.25, 0.3) is 5.91 Å². The molecule has 0 heterocycles. The van der Waals surface area contributed by atoms with E-state index in [0.29, 0.717) is 30.9 Å². The van der Waals surface area contributed by atoms with Gasteiger partial charge in [-0.15, -0.1) is 24.0 Å². The van der Waals surface area contributed by atoms with Gasteiger partial charge in [0, 0.05) is 45.3 Å². The summed E-state index contributed by atoms with van der Waals surface area (Å²) in [5.41, 5.74) is 1.06. The molecular weight excluding hydrogens is 481 g/mol. The van der Waals surface area contributed by atoms with E-state index in [4.69, 9.17) is 4.74 Å². The first-order valence-electron chi connectivity index (χ1n) is 10.1. The Morgan fingerprint density at radius 2 is 1.83 bits per heavy atom. The monoisotopic (exact) mass is 519 g/mol. The maximum absolute atomic E-state index is 11.5. The van der Waals surface area contributed by atoms with Gasteiger partial charge in [-0.25, -0.2) is 0 Å². The molecule has 3 N–H and O–H groups in total. The molecule has 0 saturated heterocycles. The zero-order valence-corrected chi connectivity index (χ0v) is 20.9. The molecule has 0 spiro atoms. The van der Waals surface area contributed by atoms with Crippen molar-refractivity contribution in [2.75, 3.05) is 33.3 Å². The minimum Gasteiger partial charge on any atom is -0.484 e. The fourth-order valence-electron chi connectivity index (χ4n) is 2.96. The van der Waals surface area contributed by atoms with Gasteiger partial charge in [-0.05, 0) is 52.3 Å². The van der Waals surface area contributed by atoms with Crippen LogP contribution >= 0.6 is 24.0 Å². The Morgan fingerprint density at radius 1 is 1.14 bits per heavy atom. The topological polar surface area (TPSA) is 78.0 Å². The number of carbonyl (C=O) groups is 1. The van der Waals surface area contributed by atoms with Crippen LogP contribution in [0.5, 0.6) is 5.75 Å². The van der Waals surface area contributed by atoms with Gasteiger partial charge in [-0.3, -0.25) is 14.7 Å². The van der Waals surface area contributed by atoms with Crippen molar-refractivity contribution in [3.05, 3.63) is 29.8 Å². The molecule has 0 radical (unpaired) electrons. The highest BCUT2D eigenvalue weighted by Crippen LogP contribution is 2.13. The van der Waals surface area contributed by atoms with Crippen molar-refractivity contribution in [1.82, 2.24) is 20.9 Å². The lowest BCUT2D eigenvalue weighted by Gasteiger charge is -2.30. The van der Waals surface area contributed by atoms with Crippen LogP contribution in [0.2, 0.25) is 0 Å². The van der Waals surface area contributed by atoms with Crippen LogP contribution in [0.4, 0.5) is 0 Å². The zero-order chi connectivity index (χ0) is 20.9. The van der Waals surface area contributed by atoms with Gasteiger partial charge in [-0.1, -0.05) is 12.1 Å². The highest BCUT2D eigenvalue weighted by Gasteiger charge is 2.12. The molecule has 166 valence electrons. The van der Waals surface area contributed by atoms with Crippen LogP contribution in [-0.4, -0.2) is 62.1 Å². The molecule has 0 aliphatic heterocycles. The number of carbonyl (C=O) groups excluding carboxylic acids is 1. The summed E-state index contributed by atoms with van der Waals surface area (Å²) >= 11 is 0. The van der Waals surface area contributed by atoms with E-state index in [2.05, 4.69) is 53.5 Å². The number of aliphatic imine (C=N–C) groups is 1. The minimum atomic E-state index is -0.118. The van der Waals surface area contributed by atoms with Crippen LogP contribution in [0.1, 0.15) is 40.2 Å². The Hall–Kier alpha value is -1.55. The van der Waals surface area contributed by atoms with Crippen molar-refractivity contribution in [1.29, 1.82) is 0 Å². The van der Waals surface area contributed by atoms with Gasteiger partial charge in [0.15, 0.2) is 12.6 Å². The smallest absolute Gasteiger partial charge is 0.257 e. The predicted molar refractivity (Wildman–Crippen MR) is 131 cm³/mol. The molecule has 0 fully saturated rings. The number of rotatable bonds is 11. The summed E-state index contributed by atoms with van der Waals surface area (Å²) in [5, 5.41) is 9.39. The molecule has 0 bridgehead atoms. The van der Waals surface area contributed by atoms with E-state index in [-0.39, 0.29) is 36.5 Å². The lowest BCUT2D eigenvalue weighted by molar-refractivity contribution is -0.122. The van der Waals surface area contributed by atoms with Crippen LogP contribution in [0.3, 0.4) is 0 Å². The Balaban J connectivity index is 0.00000784. The average Bonchev–Trinajstić information content (AvgIpc) is 2.65. The van der Waals surface area contributed by atoms with Crippen LogP contribution in [0, 0.1) is 0 Å². The summed E-state index contributed by atoms with van der Waals surface area (Å²) in [4.78, 5) is 18.2. The van der Waals surface area contributed by atoms with E-state index >= 15 is 0 Å². The Kier molecular flexibility index (Phi) is 14.5. The third-order valence-electron chi connectivity index (χ3n) is 4.31. The average molecular weight is 519 g/mol. The molecule has 1 aromatic rings. The molecule has 0 atom stereocenters. The second kappa shape index (κ2) is 15.3. The number of hydrogen-bond acceptors (Lipinski definition) is 4. The molecule has 1 aromatic carbocycles. The first-order chi connectivity index (χ1) is 13.4. The molecule has 0 unspecified atom stereocenters. The number of likely N-dealkylation sites (N-methyl/N-ethyl adjacent to an activating group) is 1. The van der Waals surface area contributed by atoms with Crippen LogP contribution in [0.25, 0.3) is 0 Å². The number of guanidine groups is 1. The predicted octanol–water partition coefficient (Wildman–Crippen LogP) is 2.60. The van der Waals surface area contributed by atoms with Crippen molar-refractivity contribution in [3.63, 3.8) is 0 Å². The largest absolute Gasteiger partial charge is 0.484 e. The number of amides is 1. The fourth-order valence-corrected chi connectivity index (χ4v) is 2.96. The van der Waals surface area contributed by atoms with E-state index in [1.54, 1.807) is 7.05 Å². The first kappa shape index (κ1) is 27.5. The van der Waals surface area contributed by atoms with Crippen LogP contribution in [0.15, 0.2) is 29.3 Å². The van der Waals surface area contributed by atoms with E-state index in [1.807, 2.05) is 31.2 Å². The van der Waals surface area contributed by atoms with E-state index < -0.39 is 0 Å². The number of ether oxygens (including phenoxy) is 1. The Labute approximate surface area is 193 Å². The summed E-state index contributed by atoms with van der Waals surface area (Å²) in [6.07, 6.45) is 0. The van der Waals surface area contributed by atoms with Gasteiger partial charge in [-0.2, -0.15) is 0 Å². The Morgan fingerprint density at radius 3 is 2.41 bits per heavy atom. The second-order valence-electron chi connectivity index (χ2n) is 7.17. The summed E-state index contributed by atoms with van der Waals surface area (Å²) in [7, 11) is 1.77. The second-order valence-corrected chi connectivity index (χ2v) is 7.17. The van der Waals surface area contributed by atoms with Gasteiger partial charge in [0.1, 0.15) is 5.75 Å². The lowest BCUT2D eigenvalue weighted by atomic mass is 10.2. The molecule has 1 rings (SSSR count). The number of halogens is 1. The molecule has 1 amide bonds. The fraction of sp³-hybridized carbons (Fsp3) is 0.619. The Bertz CT molecular complexity index is 615. The summed E-state index contributed by atoms with van der Waals surface area (Å²) in [5.74, 6) is 1.33. The normalized spacial score (nSPS) is 11.4. The maximum Gasteiger partial charge on any atom is 0.257 e. The lowest BCUT2D eigenvalue weighted by Crippen LogP contribution is -2.45. The van der Waals surface area contributed by atoms with Crippen molar-refractivity contribution in [2.24, 2.45) is 4.99 Å². The van der Waals surface area contributed by atoms with Crippen molar-refractivity contribution >= 4 is 35.8 Å². The number of nitrogens with one attached hydrogen (secondary N) is 3. The molecule has 0 saturated carbocycles. The third kappa shape index (κ3) is 11.3. The third-order valence-corrected chi connectivity index (χ3v) is 4.31. The summed E-state index contributed by atoms with van der Waals surface area (Å²) in [6.45, 7) is 13.8. The molecule has 8 heteroatoms. The first-order valence-corrected chi connectivity index (χ1v) is 10.1. The molecular formula is C21H38IN5O2. The standard InChI is InChI=1S/C21H37N5O2.HI/c1-7-23-20(27)15-28-19-10-8-9-18(13-19)14-25-21(22-6)24-11-12-26(16(2)3)17(4)5;/h8-10,13,16-17H,7,11-12,14-15H2,1-6H3,(H,23,27)(H2,22,24,25);1H. The van der Waals surface area contributed by atoms with Crippen LogP contribution < -0.4 is 20.7 Å². The van der Waals surface area contributed by atoms with Gasteiger partial charge in [0.05, 0.1) is 0 Å². The number of hydrogen-bond donors (Lipinski definition) is 3. The minimum absolute atomic E-state index is 0. The maximum atomic E-state index is 11.5. The molecule has 0 aromatic heterocycles. The van der Waals surface area contributed by atoms with E-state index in [0.717, 1.165) is 24.6 Å². The molecule has 29 heavy (non-hydrogen) atoms. The molecule has 0 aliphatic rings. The number of benzene rings is 1. The molecule has 0 aliphatic carbocycles. The highest BCUT2D eigenvalue weighted by atomic mass is 127. The van der Waals surface area contributed by atoms with E-state index in [9.17, 15) is 4.79 Å². The highest BCUT2D eigenvalue weighted by molar-refractivity contribution is 14.0.